The van der Waals surface area contributed by atoms with E-state index in [0.717, 1.165) is 28.1 Å². The molecule has 2 aromatic heterocycles. The molecule has 0 saturated carbocycles. The van der Waals surface area contributed by atoms with Crippen LogP contribution in [0.1, 0.15) is 11.1 Å². The standard InChI is InChI=1S/C18H17N3O2/c1-13-2-5-16(6-3-13)21-18(22)20-11-14-4-7-17(19-10-14)15-8-9-23-12-15/h2-10,12H,11H2,1H3,(H2,20,21,22). The molecule has 0 aliphatic rings. The fraction of sp³-hybridized carbons (Fsp3) is 0.111. The maximum absolute atomic E-state index is 11.9. The van der Waals surface area contributed by atoms with E-state index in [0.29, 0.717) is 6.54 Å². The van der Waals surface area contributed by atoms with Crippen LogP contribution in [0.5, 0.6) is 0 Å². The van der Waals surface area contributed by atoms with Gasteiger partial charge in [0, 0.05) is 24.0 Å². The van der Waals surface area contributed by atoms with Crippen LogP contribution in [0.2, 0.25) is 0 Å². The van der Waals surface area contributed by atoms with Crippen LogP contribution < -0.4 is 10.6 Å². The Morgan fingerprint density at radius 2 is 1.96 bits per heavy atom. The molecule has 3 rings (SSSR count). The third-order valence-corrected chi connectivity index (χ3v) is 3.40. The number of amides is 2. The van der Waals surface area contributed by atoms with Gasteiger partial charge in [-0.2, -0.15) is 0 Å². The van der Waals surface area contributed by atoms with Crippen LogP contribution in [0.25, 0.3) is 11.3 Å². The van der Waals surface area contributed by atoms with E-state index in [-0.39, 0.29) is 6.03 Å². The van der Waals surface area contributed by atoms with E-state index in [9.17, 15) is 4.79 Å². The van der Waals surface area contributed by atoms with Crippen LogP contribution in [0.15, 0.2) is 65.6 Å². The molecule has 2 N–H and O–H groups in total. The molecule has 1 aromatic carbocycles. The zero-order valence-corrected chi connectivity index (χ0v) is 12.7. The van der Waals surface area contributed by atoms with Crippen molar-refractivity contribution in [1.82, 2.24) is 10.3 Å². The van der Waals surface area contributed by atoms with Crippen LogP contribution in [0.4, 0.5) is 10.5 Å². The summed E-state index contributed by atoms with van der Waals surface area (Å²) in [4.78, 5) is 16.2. The molecule has 0 saturated heterocycles. The lowest BCUT2D eigenvalue weighted by molar-refractivity contribution is 0.251. The van der Waals surface area contributed by atoms with Gasteiger partial charge in [-0.25, -0.2) is 4.79 Å². The van der Waals surface area contributed by atoms with Crippen LogP contribution >= 0.6 is 0 Å². The summed E-state index contributed by atoms with van der Waals surface area (Å²) in [5.74, 6) is 0. The number of urea groups is 1. The Morgan fingerprint density at radius 3 is 2.61 bits per heavy atom. The number of benzene rings is 1. The minimum atomic E-state index is -0.243. The molecular weight excluding hydrogens is 290 g/mol. The summed E-state index contributed by atoms with van der Waals surface area (Å²) in [6, 6.07) is 13.1. The quantitative estimate of drug-likeness (QED) is 0.766. The molecule has 3 aromatic rings. The van der Waals surface area contributed by atoms with E-state index >= 15 is 0 Å². The Hall–Kier alpha value is -3.08. The van der Waals surface area contributed by atoms with Crippen LogP contribution in [-0.2, 0) is 6.54 Å². The molecule has 0 bridgehead atoms. The average Bonchev–Trinajstić information content (AvgIpc) is 3.10. The predicted molar refractivity (Wildman–Crippen MR) is 89.0 cm³/mol. The highest BCUT2D eigenvalue weighted by atomic mass is 16.3. The summed E-state index contributed by atoms with van der Waals surface area (Å²) < 4.78 is 5.04. The minimum Gasteiger partial charge on any atom is -0.472 e. The van der Waals surface area contributed by atoms with Gasteiger partial charge >= 0.3 is 6.03 Å². The molecule has 0 aliphatic carbocycles. The minimum absolute atomic E-state index is 0.243. The maximum Gasteiger partial charge on any atom is 0.319 e. The van der Waals surface area contributed by atoms with E-state index in [1.165, 1.54) is 0 Å². The van der Waals surface area contributed by atoms with Gasteiger partial charge in [0.2, 0.25) is 0 Å². The van der Waals surface area contributed by atoms with Gasteiger partial charge in [0.05, 0.1) is 18.2 Å². The monoisotopic (exact) mass is 307 g/mol. The van der Waals surface area contributed by atoms with Crippen molar-refractivity contribution in [2.24, 2.45) is 0 Å². The summed E-state index contributed by atoms with van der Waals surface area (Å²) in [5, 5.41) is 5.60. The van der Waals surface area contributed by atoms with Crippen LogP contribution in [-0.4, -0.2) is 11.0 Å². The number of pyridine rings is 1. The lowest BCUT2D eigenvalue weighted by Gasteiger charge is -2.08. The topological polar surface area (TPSA) is 67.2 Å². The average molecular weight is 307 g/mol. The lowest BCUT2D eigenvalue weighted by atomic mass is 10.2. The summed E-state index contributed by atoms with van der Waals surface area (Å²) in [6.07, 6.45) is 5.01. The van der Waals surface area contributed by atoms with Crippen molar-refractivity contribution in [1.29, 1.82) is 0 Å². The van der Waals surface area contributed by atoms with Crippen molar-refractivity contribution in [2.75, 3.05) is 5.32 Å². The summed E-state index contributed by atoms with van der Waals surface area (Å²) in [7, 11) is 0. The van der Waals surface area contributed by atoms with Crippen molar-refractivity contribution in [3.8, 4) is 11.3 Å². The number of hydrogen-bond donors (Lipinski definition) is 2. The highest BCUT2D eigenvalue weighted by Gasteiger charge is 2.04. The molecule has 2 heterocycles. The molecule has 0 fully saturated rings. The van der Waals surface area contributed by atoms with Crippen LogP contribution in [0.3, 0.4) is 0 Å². The number of nitrogens with one attached hydrogen (secondary N) is 2. The van der Waals surface area contributed by atoms with Gasteiger partial charge in [0.25, 0.3) is 0 Å². The number of aromatic nitrogens is 1. The predicted octanol–water partition coefficient (Wildman–Crippen LogP) is 3.97. The molecule has 5 nitrogen and oxygen atoms in total. The van der Waals surface area contributed by atoms with Gasteiger partial charge in [-0.15, -0.1) is 0 Å². The molecule has 0 radical (unpaired) electrons. The second kappa shape index (κ2) is 6.79. The Labute approximate surface area is 134 Å². The van der Waals surface area contributed by atoms with Gasteiger partial charge in [-0.1, -0.05) is 23.8 Å². The second-order valence-electron chi connectivity index (χ2n) is 5.24. The van der Waals surface area contributed by atoms with Gasteiger partial charge in [0.1, 0.15) is 0 Å². The van der Waals surface area contributed by atoms with E-state index in [4.69, 9.17) is 4.42 Å². The number of carbonyl (C=O) groups excluding carboxylic acids is 1. The van der Waals surface area contributed by atoms with Crippen LogP contribution in [0, 0.1) is 6.92 Å². The zero-order valence-electron chi connectivity index (χ0n) is 12.7. The highest BCUT2D eigenvalue weighted by molar-refractivity contribution is 5.89. The fourth-order valence-corrected chi connectivity index (χ4v) is 2.10. The highest BCUT2D eigenvalue weighted by Crippen LogP contribution is 2.17. The van der Waals surface area contributed by atoms with Crippen molar-refractivity contribution in [3.63, 3.8) is 0 Å². The van der Waals surface area contributed by atoms with E-state index < -0.39 is 0 Å². The first-order valence-corrected chi connectivity index (χ1v) is 7.30. The zero-order chi connectivity index (χ0) is 16.1. The fourth-order valence-electron chi connectivity index (χ4n) is 2.10. The Bertz CT molecular complexity index is 763. The number of rotatable bonds is 4. The summed E-state index contributed by atoms with van der Waals surface area (Å²) in [6.45, 7) is 2.42. The molecule has 0 atom stereocenters. The molecule has 0 spiro atoms. The Morgan fingerprint density at radius 1 is 1.13 bits per heavy atom. The van der Waals surface area contributed by atoms with Crippen molar-refractivity contribution in [2.45, 2.75) is 13.5 Å². The third-order valence-electron chi connectivity index (χ3n) is 3.40. The van der Waals surface area contributed by atoms with Gasteiger partial charge in [0.15, 0.2) is 0 Å². The lowest BCUT2D eigenvalue weighted by Crippen LogP contribution is -2.28. The number of aryl methyl sites for hydroxylation is 1. The molecule has 2 amide bonds. The SMILES string of the molecule is Cc1ccc(NC(=O)NCc2ccc(-c3ccoc3)nc2)cc1. The number of nitrogens with zero attached hydrogens (tertiary/aromatic N) is 1. The van der Waals surface area contributed by atoms with E-state index in [2.05, 4.69) is 15.6 Å². The largest absolute Gasteiger partial charge is 0.472 e. The van der Waals surface area contributed by atoms with E-state index in [1.807, 2.05) is 49.4 Å². The Kier molecular flexibility index (Phi) is 4.38. The number of anilines is 1. The normalized spacial score (nSPS) is 10.3. The van der Waals surface area contributed by atoms with E-state index in [1.54, 1.807) is 18.7 Å². The third kappa shape index (κ3) is 3.97. The maximum atomic E-state index is 11.9. The summed E-state index contributed by atoms with van der Waals surface area (Å²) >= 11 is 0. The first-order valence-electron chi connectivity index (χ1n) is 7.30. The van der Waals surface area contributed by atoms with Crippen molar-refractivity contribution in [3.05, 3.63) is 72.3 Å². The first kappa shape index (κ1) is 14.8. The second-order valence-corrected chi connectivity index (χ2v) is 5.24. The molecule has 0 aliphatic heterocycles. The van der Waals surface area contributed by atoms with Gasteiger partial charge in [-0.3, -0.25) is 4.98 Å². The van der Waals surface area contributed by atoms with Crippen molar-refractivity contribution < 1.29 is 9.21 Å². The van der Waals surface area contributed by atoms with Crippen molar-refractivity contribution >= 4 is 11.7 Å². The molecule has 5 heteroatoms. The number of furan rings is 1. The Balaban J connectivity index is 1.53. The molecule has 23 heavy (non-hydrogen) atoms. The van der Waals surface area contributed by atoms with Gasteiger partial charge in [-0.05, 0) is 36.8 Å². The molecule has 0 unspecified atom stereocenters. The number of carbonyl (C=O) groups is 1. The summed E-state index contributed by atoms with van der Waals surface area (Å²) in [5.41, 5.74) is 4.62. The molecule has 116 valence electrons. The van der Waals surface area contributed by atoms with Gasteiger partial charge < -0.3 is 15.1 Å². The molecular formula is C18H17N3O2. The smallest absolute Gasteiger partial charge is 0.319 e. The first-order chi connectivity index (χ1) is 11.2. The number of hydrogen-bond acceptors (Lipinski definition) is 3.